The summed E-state index contributed by atoms with van der Waals surface area (Å²) in [6.07, 6.45) is -0.664. The Labute approximate surface area is 200 Å². The molecule has 1 aliphatic heterocycles. The first-order chi connectivity index (χ1) is 16.6. The van der Waals surface area contributed by atoms with Gasteiger partial charge in [0.1, 0.15) is 31.3 Å². The number of benzene rings is 1. The zero-order valence-corrected chi connectivity index (χ0v) is 18.9. The number of carboxylic acids is 1. The van der Waals surface area contributed by atoms with Gasteiger partial charge in [0, 0.05) is 12.8 Å². The molecule has 0 aromatic heterocycles. The normalized spacial score (nSPS) is 15.9. The van der Waals surface area contributed by atoms with Gasteiger partial charge in [0.2, 0.25) is 11.8 Å². The minimum absolute atomic E-state index is 0.0605. The van der Waals surface area contributed by atoms with Crippen molar-refractivity contribution in [2.75, 3.05) is 29.5 Å². The lowest BCUT2D eigenvalue weighted by atomic mass is 10.2. The van der Waals surface area contributed by atoms with Crippen molar-refractivity contribution in [3.05, 3.63) is 24.3 Å². The monoisotopic (exact) mass is 490 g/mol. The van der Waals surface area contributed by atoms with Gasteiger partial charge in [-0.15, -0.1) is 0 Å². The van der Waals surface area contributed by atoms with E-state index in [1.165, 1.54) is 19.1 Å². The van der Waals surface area contributed by atoms with Crippen molar-refractivity contribution in [2.24, 2.45) is 0 Å². The Balaban J connectivity index is 2.39. The Morgan fingerprint density at radius 3 is 2.34 bits per heavy atom. The molecule has 4 amide bonds. The van der Waals surface area contributed by atoms with E-state index in [1.807, 2.05) is 0 Å². The first kappa shape index (κ1) is 27.1. The molecule has 1 heterocycles. The van der Waals surface area contributed by atoms with E-state index in [0.29, 0.717) is 0 Å². The van der Waals surface area contributed by atoms with Crippen molar-refractivity contribution in [1.82, 2.24) is 10.6 Å². The number of rotatable bonds is 11. The number of aldehydes is 1. The average molecular weight is 490 g/mol. The number of para-hydroxylation sites is 2. The van der Waals surface area contributed by atoms with Gasteiger partial charge in [-0.1, -0.05) is 12.1 Å². The molecule has 1 aromatic carbocycles. The van der Waals surface area contributed by atoms with Crippen molar-refractivity contribution in [1.29, 1.82) is 0 Å². The van der Waals surface area contributed by atoms with Crippen molar-refractivity contribution in [3.8, 4) is 0 Å². The smallest absolute Gasteiger partial charge is 0.305 e. The van der Waals surface area contributed by atoms with Crippen LogP contribution in [0, 0.1) is 0 Å². The van der Waals surface area contributed by atoms with Gasteiger partial charge < -0.3 is 35.3 Å². The average Bonchev–Trinajstić information content (AvgIpc) is 2.92. The molecule has 0 unspecified atom stereocenters. The van der Waals surface area contributed by atoms with E-state index < -0.39 is 61.3 Å². The Morgan fingerprint density at radius 1 is 1.11 bits per heavy atom. The number of aliphatic hydroxyl groups is 1. The fourth-order valence-corrected chi connectivity index (χ4v) is 3.45. The van der Waals surface area contributed by atoms with Crippen LogP contribution in [0.1, 0.15) is 26.2 Å². The van der Waals surface area contributed by atoms with E-state index in [-0.39, 0.29) is 42.8 Å². The molecule has 1 aliphatic rings. The van der Waals surface area contributed by atoms with Crippen molar-refractivity contribution in [2.45, 2.75) is 38.3 Å². The summed E-state index contributed by atoms with van der Waals surface area (Å²) >= 11 is 0. The predicted octanol–water partition coefficient (Wildman–Crippen LogP) is -1.63. The minimum Gasteiger partial charge on any atom is -0.481 e. The van der Waals surface area contributed by atoms with E-state index in [4.69, 9.17) is 5.11 Å². The predicted molar refractivity (Wildman–Crippen MR) is 120 cm³/mol. The lowest BCUT2D eigenvalue weighted by Gasteiger charge is -2.25. The number of carbonyl (C=O) groups excluding carboxylic acids is 6. The summed E-state index contributed by atoms with van der Waals surface area (Å²) < 4.78 is 0. The fraction of sp³-hybridized carbons (Fsp3) is 0.409. The van der Waals surface area contributed by atoms with Crippen molar-refractivity contribution in [3.63, 3.8) is 0 Å². The van der Waals surface area contributed by atoms with E-state index in [2.05, 4.69) is 10.6 Å². The summed E-state index contributed by atoms with van der Waals surface area (Å²) in [5, 5.41) is 23.0. The molecular weight excluding hydrogens is 464 g/mol. The molecule has 188 valence electrons. The summed E-state index contributed by atoms with van der Waals surface area (Å²) in [7, 11) is 0. The molecular formula is C22H26N4O9. The number of hydrogen-bond acceptors (Lipinski definition) is 8. The Bertz CT molecular complexity index is 1030. The molecule has 1 aromatic rings. The van der Waals surface area contributed by atoms with Gasteiger partial charge in [0.25, 0.3) is 11.8 Å². The van der Waals surface area contributed by atoms with Gasteiger partial charge in [0.05, 0.1) is 30.4 Å². The van der Waals surface area contributed by atoms with Gasteiger partial charge in [-0.25, -0.2) is 0 Å². The van der Waals surface area contributed by atoms with Crippen LogP contribution < -0.4 is 20.4 Å². The van der Waals surface area contributed by atoms with E-state index in [1.54, 1.807) is 12.1 Å². The largest absolute Gasteiger partial charge is 0.481 e. The second-order valence-corrected chi connectivity index (χ2v) is 7.81. The number of amides is 4. The number of hydrogen-bond donors (Lipinski definition) is 4. The maximum absolute atomic E-state index is 13.4. The zero-order valence-electron chi connectivity index (χ0n) is 18.9. The summed E-state index contributed by atoms with van der Waals surface area (Å²) in [5.41, 5.74) is 0.307. The van der Waals surface area contributed by atoms with Crippen LogP contribution in [-0.2, 0) is 33.6 Å². The summed E-state index contributed by atoms with van der Waals surface area (Å²) in [6, 6.07) is 3.40. The van der Waals surface area contributed by atoms with Crippen LogP contribution >= 0.6 is 0 Å². The standard InChI is InChI=1S/C22H26N4O9/c1-13(29)6-7-18(30)24-15-9-25(20(32)12-28)16-4-2-3-5-17(16)26(22(15)35)10-19(31)23-14(11-27)8-21(33)34/h2-5,11,14-15,28H,6-10,12H2,1H3,(H,23,31)(H,24,30)(H,33,34)/t14-,15-/m0/s1. The van der Waals surface area contributed by atoms with Gasteiger partial charge in [-0.2, -0.15) is 0 Å². The number of anilines is 2. The topological polar surface area (TPSA) is 190 Å². The second kappa shape index (κ2) is 12.4. The van der Waals surface area contributed by atoms with E-state index in [9.17, 15) is 38.7 Å². The van der Waals surface area contributed by atoms with Gasteiger partial charge >= 0.3 is 5.97 Å². The Kier molecular flexibility index (Phi) is 9.58. The number of aliphatic carboxylic acids is 1. The molecule has 35 heavy (non-hydrogen) atoms. The first-order valence-electron chi connectivity index (χ1n) is 10.6. The molecule has 0 aliphatic carbocycles. The number of Topliss-reactive ketones (excluding diaryl/α,β-unsaturated/α-hetero) is 1. The van der Waals surface area contributed by atoms with E-state index in [0.717, 1.165) is 9.80 Å². The Morgan fingerprint density at radius 2 is 1.77 bits per heavy atom. The highest BCUT2D eigenvalue weighted by molar-refractivity contribution is 6.10. The SMILES string of the molecule is CC(=O)CCC(=O)N[C@H]1CN(C(=O)CO)c2ccccc2N(CC(=O)N[C@H](C=O)CC(=O)O)C1=O. The number of fused-ring (bicyclic) bond motifs is 1. The molecule has 0 radical (unpaired) electrons. The third-order valence-corrected chi connectivity index (χ3v) is 5.08. The van der Waals surface area contributed by atoms with E-state index >= 15 is 0 Å². The molecule has 2 rings (SSSR count). The van der Waals surface area contributed by atoms with Gasteiger partial charge in [-0.05, 0) is 19.1 Å². The van der Waals surface area contributed by atoms with Crippen molar-refractivity contribution < 1.29 is 43.8 Å². The van der Waals surface area contributed by atoms with Crippen molar-refractivity contribution >= 4 is 53.0 Å². The van der Waals surface area contributed by atoms with Gasteiger partial charge in [0.15, 0.2) is 0 Å². The molecule has 0 spiro atoms. The second-order valence-electron chi connectivity index (χ2n) is 7.81. The third-order valence-electron chi connectivity index (χ3n) is 5.08. The molecule has 13 heteroatoms. The minimum atomic E-state index is -1.33. The van der Waals surface area contributed by atoms with Crippen LogP contribution in [0.5, 0.6) is 0 Å². The Hall–Kier alpha value is -4.13. The highest BCUT2D eigenvalue weighted by atomic mass is 16.4. The number of aliphatic hydroxyl groups excluding tert-OH is 1. The summed E-state index contributed by atoms with van der Waals surface area (Å²) in [6.45, 7) is -0.584. The van der Waals surface area contributed by atoms with Gasteiger partial charge in [-0.3, -0.25) is 28.9 Å². The molecule has 0 fully saturated rings. The van der Waals surface area contributed by atoms with Crippen LogP contribution in [0.4, 0.5) is 11.4 Å². The number of ketones is 1. The lowest BCUT2D eigenvalue weighted by Crippen LogP contribution is -2.55. The maximum Gasteiger partial charge on any atom is 0.305 e. The summed E-state index contributed by atoms with van der Waals surface area (Å²) in [5.74, 6) is -4.56. The lowest BCUT2D eigenvalue weighted by molar-refractivity contribution is -0.139. The van der Waals surface area contributed by atoms with Crippen LogP contribution in [0.15, 0.2) is 24.3 Å². The molecule has 0 saturated carbocycles. The molecule has 4 N–H and O–H groups in total. The summed E-state index contributed by atoms with van der Waals surface area (Å²) in [4.78, 5) is 86.1. The number of nitrogens with zero attached hydrogens (tertiary/aromatic N) is 2. The maximum atomic E-state index is 13.4. The highest BCUT2D eigenvalue weighted by Gasteiger charge is 2.37. The number of carboxylic acid groups (broad SMARTS) is 1. The molecule has 13 nitrogen and oxygen atoms in total. The molecule has 0 bridgehead atoms. The number of nitrogens with one attached hydrogen (secondary N) is 2. The van der Waals surface area contributed by atoms with Crippen LogP contribution in [0.25, 0.3) is 0 Å². The first-order valence-corrected chi connectivity index (χ1v) is 10.6. The zero-order chi connectivity index (χ0) is 26.1. The quantitative estimate of drug-likeness (QED) is 0.264. The highest BCUT2D eigenvalue weighted by Crippen LogP contribution is 2.32. The van der Waals surface area contributed by atoms with Crippen LogP contribution in [-0.4, -0.2) is 83.7 Å². The van der Waals surface area contributed by atoms with Crippen LogP contribution in [0.2, 0.25) is 0 Å². The third kappa shape index (κ3) is 7.43. The fourth-order valence-electron chi connectivity index (χ4n) is 3.45. The molecule has 0 saturated heterocycles. The molecule has 2 atom stereocenters. The number of carbonyl (C=O) groups is 7. The van der Waals surface area contributed by atoms with Crippen LogP contribution in [0.3, 0.4) is 0 Å².